The Kier molecular flexibility index (Phi) is 4.90. The van der Waals surface area contributed by atoms with Crippen molar-refractivity contribution < 1.29 is 13.9 Å². The summed E-state index contributed by atoms with van der Waals surface area (Å²) in [5.41, 5.74) is 0. The second-order valence-corrected chi connectivity index (χ2v) is 1.54. The van der Waals surface area contributed by atoms with Crippen LogP contribution in [0.15, 0.2) is 0 Å². The maximum Gasteiger partial charge on any atom is 0.146 e. The highest BCUT2D eigenvalue weighted by Gasteiger charge is 1.97. The Morgan fingerprint density at radius 1 is 1.62 bits per heavy atom. The fourth-order valence-corrected chi connectivity index (χ4v) is 0.229. The van der Waals surface area contributed by atoms with Gasteiger partial charge in [-0.1, -0.05) is 0 Å². The van der Waals surface area contributed by atoms with Crippen molar-refractivity contribution in [2.24, 2.45) is 0 Å². The summed E-state index contributed by atoms with van der Waals surface area (Å²) in [7, 11) is 1.50. The zero-order valence-corrected chi connectivity index (χ0v) is 5.19. The molecular formula is C5H11FO2. The first-order valence-electron chi connectivity index (χ1n) is 2.47. The molecule has 0 aliphatic rings. The lowest BCUT2D eigenvalue weighted by Gasteiger charge is -2.05. The van der Waals surface area contributed by atoms with E-state index in [1.165, 1.54) is 7.11 Å². The fraction of sp³-hybridized carbons (Fsp3) is 1.00. The lowest BCUT2D eigenvalue weighted by atomic mass is 10.5. The molecule has 0 aromatic rings. The van der Waals surface area contributed by atoms with Crippen molar-refractivity contribution in [1.29, 1.82) is 0 Å². The highest BCUT2D eigenvalue weighted by Crippen LogP contribution is 1.89. The van der Waals surface area contributed by atoms with Gasteiger partial charge in [0.25, 0.3) is 0 Å². The van der Waals surface area contributed by atoms with Crippen molar-refractivity contribution in [3.63, 3.8) is 0 Å². The minimum atomic E-state index is -0.455. The van der Waals surface area contributed by atoms with Gasteiger partial charge in [0.15, 0.2) is 0 Å². The van der Waals surface area contributed by atoms with Crippen molar-refractivity contribution in [1.82, 2.24) is 0 Å². The Hall–Kier alpha value is -0.150. The van der Waals surface area contributed by atoms with E-state index in [1.807, 2.05) is 0 Å². The largest absolute Gasteiger partial charge is 0.359 e. The molecule has 0 aliphatic carbocycles. The first kappa shape index (κ1) is 7.85. The minimum absolute atomic E-state index is 0.172. The molecule has 0 heterocycles. The van der Waals surface area contributed by atoms with Gasteiger partial charge in [0.05, 0.1) is 6.10 Å². The van der Waals surface area contributed by atoms with E-state index < -0.39 is 6.67 Å². The average molecular weight is 122 g/mol. The molecule has 0 aromatic carbocycles. The van der Waals surface area contributed by atoms with Gasteiger partial charge in [0, 0.05) is 7.11 Å². The van der Waals surface area contributed by atoms with Crippen LogP contribution < -0.4 is 0 Å². The minimum Gasteiger partial charge on any atom is -0.359 e. The van der Waals surface area contributed by atoms with Crippen LogP contribution in [0.25, 0.3) is 0 Å². The van der Waals surface area contributed by atoms with E-state index in [9.17, 15) is 4.39 Å². The van der Waals surface area contributed by atoms with Crippen molar-refractivity contribution >= 4 is 0 Å². The van der Waals surface area contributed by atoms with Gasteiger partial charge < -0.3 is 9.47 Å². The molecule has 0 amide bonds. The van der Waals surface area contributed by atoms with Gasteiger partial charge in [-0.05, 0) is 6.92 Å². The first-order valence-corrected chi connectivity index (χ1v) is 2.47. The highest BCUT2D eigenvalue weighted by atomic mass is 19.1. The maximum atomic E-state index is 11.5. The van der Waals surface area contributed by atoms with Crippen LogP contribution in [0.4, 0.5) is 4.39 Å². The number of alkyl halides is 1. The summed E-state index contributed by atoms with van der Waals surface area (Å²) in [6.07, 6.45) is -0.338. The Labute approximate surface area is 48.6 Å². The molecule has 0 aromatic heterocycles. The Balaban J connectivity index is 2.86. The van der Waals surface area contributed by atoms with Crippen LogP contribution in [0.2, 0.25) is 0 Å². The summed E-state index contributed by atoms with van der Waals surface area (Å²) >= 11 is 0. The second-order valence-electron chi connectivity index (χ2n) is 1.54. The van der Waals surface area contributed by atoms with Gasteiger partial charge in [0.2, 0.25) is 0 Å². The van der Waals surface area contributed by atoms with Crippen LogP contribution in [-0.4, -0.2) is 26.7 Å². The van der Waals surface area contributed by atoms with E-state index in [0.717, 1.165) is 0 Å². The molecule has 1 unspecified atom stereocenters. The third-order valence-electron chi connectivity index (χ3n) is 0.688. The van der Waals surface area contributed by atoms with Crippen molar-refractivity contribution in [2.75, 3.05) is 20.6 Å². The summed E-state index contributed by atoms with van der Waals surface area (Å²) in [6, 6.07) is 0. The highest BCUT2D eigenvalue weighted by molar-refractivity contribution is 4.40. The van der Waals surface area contributed by atoms with Gasteiger partial charge in [-0.15, -0.1) is 0 Å². The summed E-state index contributed by atoms with van der Waals surface area (Å²) in [5, 5.41) is 0. The molecule has 0 radical (unpaired) electrons. The quantitative estimate of drug-likeness (QED) is 0.517. The van der Waals surface area contributed by atoms with Gasteiger partial charge in [0.1, 0.15) is 13.5 Å². The SMILES string of the molecule is COCOC(C)CF. The molecule has 1 atom stereocenters. The standard InChI is InChI=1S/C5H11FO2/c1-5(3-6)8-4-7-2/h5H,3-4H2,1-2H3. The molecule has 3 heteroatoms. The molecule has 0 bridgehead atoms. The van der Waals surface area contributed by atoms with Crippen molar-refractivity contribution in [3.8, 4) is 0 Å². The molecule has 2 nitrogen and oxygen atoms in total. The van der Waals surface area contributed by atoms with Crippen LogP contribution in [0.1, 0.15) is 6.92 Å². The number of ether oxygens (including phenoxy) is 2. The third kappa shape index (κ3) is 4.02. The Bertz CT molecular complexity index is 49.7. The van der Waals surface area contributed by atoms with Gasteiger partial charge in [-0.3, -0.25) is 0 Å². The van der Waals surface area contributed by atoms with Crippen molar-refractivity contribution in [2.45, 2.75) is 13.0 Å². The number of hydrogen-bond acceptors (Lipinski definition) is 2. The van der Waals surface area contributed by atoms with E-state index in [-0.39, 0.29) is 12.9 Å². The van der Waals surface area contributed by atoms with E-state index in [0.29, 0.717) is 0 Å². The smallest absolute Gasteiger partial charge is 0.146 e. The van der Waals surface area contributed by atoms with Crippen LogP contribution in [-0.2, 0) is 9.47 Å². The molecule has 0 N–H and O–H groups in total. The summed E-state index contributed by atoms with van der Waals surface area (Å²) < 4.78 is 20.8. The molecule has 50 valence electrons. The van der Waals surface area contributed by atoms with E-state index in [4.69, 9.17) is 4.74 Å². The predicted octanol–water partition coefficient (Wildman–Crippen LogP) is 0.965. The summed E-state index contributed by atoms with van der Waals surface area (Å²) in [5.74, 6) is 0. The third-order valence-corrected chi connectivity index (χ3v) is 0.688. The van der Waals surface area contributed by atoms with Crippen LogP contribution >= 0.6 is 0 Å². The average Bonchev–Trinajstić information content (AvgIpc) is 1.83. The molecule has 0 saturated heterocycles. The molecular weight excluding hydrogens is 111 g/mol. The summed E-state index contributed by atoms with van der Waals surface area (Å²) in [4.78, 5) is 0. The zero-order valence-electron chi connectivity index (χ0n) is 5.19. The topological polar surface area (TPSA) is 18.5 Å². The molecule has 0 fully saturated rings. The fourth-order valence-electron chi connectivity index (χ4n) is 0.229. The Morgan fingerprint density at radius 2 is 2.25 bits per heavy atom. The van der Waals surface area contributed by atoms with Gasteiger partial charge in [-0.25, -0.2) is 4.39 Å². The summed E-state index contributed by atoms with van der Waals surface area (Å²) in [6.45, 7) is 1.37. The van der Waals surface area contributed by atoms with Gasteiger partial charge >= 0.3 is 0 Å². The number of methoxy groups -OCH3 is 1. The molecule has 0 saturated carbocycles. The first-order chi connectivity index (χ1) is 3.81. The van der Waals surface area contributed by atoms with E-state index in [1.54, 1.807) is 6.92 Å². The zero-order chi connectivity index (χ0) is 6.41. The van der Waals surface area contributed by atoms with Crippen LogP contribution in [0.5, 0.6) is 0 Å². The molecule has 0 rings (SSSR count). The van der Waals surface area contributed by atoms with E-state index >= 15 is 0 Å². The van der Waals surface area contributed by atoms with Crippen LogP contribution in [0, 0.1) is 0 Å². The monoisotopic (exact) mass is 122 g/mol. The number of hydrogen-bond donors (Lipinski definition) is 0. The maximum absolute atomic E-state index is 11.5. The van der Waals surface area contributed by atoms with Gasteiger partial charge in [-0.2, -0.15) is 0 Å². The van der Waals surface area contributed by atoms with Crippen molar-refractivity contribution in [3.05, 3.63) is 0 Å². The lowest BCUT2D eigenvalue weighted by Crippen LogP contribution is -2.11. The van der Waals surface area contributed by atoms with Crippen LogP contribution in [0.3, 0.4) is 0 Å². The molecule has 0 spiro atoms. The molecule has 8 heavy (non-hydrogen) atoms. The Morgan fingerprint density at radius 3 is 2.62 bits per heavy atom. The number of halogens is 1. The number of rotatable bonds is 4. The normalized spacial score (nSPS) is 13.9. The molecule has 0 aliphatic heterocycles. The second kappa shape index (κ2) is 5.00. The predicted molar refractivity (Wildman–Crippen MR) is 28.4 cm³/mol. The van der Waals surface area contributed by atoms with E-state index in [2.05, 4.69) is 4.74 Å². The lowest BCUT2D eigenvalue weighted by molar-refractivity contribution is -0.0711.